The van der Waals surface area contributed by atoms with E-state index in [9.17, 15) is 4.79 Å². The maximum atomic E-state index is 13.5. The molecule has 1 saturated heterocycles. The van der Waals surface area contributed by atoms with Gasteiger partial charge in [0, 0.05) is 42.0 Å². The van der Waals surface area contributed by atoms with Crippen molar-refractivity contribution in [3.8, 4) is 5.75 Å². The average molecular weight is 355 g/mol. The largest absolute Gasteiger partial charge is 0.488 e. The zero-order chi connectivity index (χ0) is 17.9. The number of amides is 1. The number of carbonyl (C=O) groups excluding carboxylic acids is 1. The number of nitrogens with zero attached hydrogens (tertiary/aromatic N) is 1. The lowest BCUT2D eigenvalue weighted by atomic mass is 9.79. The Hall–Kier alpha value is -1.55. The molecular formula is C22H29NO3. The molecule has 1 amide bonds. The molecule has 3 atom stereocenters. The van der Waals surface area contributed by atoms with Crippen LogP contribution in [0.2, 0.25) is 0 Å². The number of para-hydroxylation sites is 1. The molecule has 0 radical (unpaired) electrons. The van der Waals surface area contributed by atoms with Crippen LogP contribution in [0.5, 0.6) is 5.75 Å². The van der Waals surface area contributed by atoms with Crippen molar-refractivity contribution in [2.24, 2.45) is 11.8 Å². The van der Waals surface area contributed by atoms with Gasteiger partial charge in [0.1, 0.15) is 11.4 Å². The van der Waals surface area contributed by atoms with Gasteiger partial charge in [0.05, 0.1) is 6.61 Å². The quantitative estimate of drug-likeness (QED) is 0.829. The topological polar surface area (TPSA) is 38.8 Å². The van der Waals surface area contributed by atoms with Crippen molar-refractivity contribution in [3.63, 3.8) is 0 Å². The molecule has 3 fully saturated rings. The predicted molar refractivity (Wildman–Crippen MR) is 99.2 cm³/mol. The number of ether oxygens (including phenoxy) is 2. The lowest BCUT2D eigenvalue weighted by molar-refractivity contribution is -0.134. The van der Waals surface area contributed by atoms with Gasteiger partial charge in [-0.15, -0.1) is 0 Å². The Morgan fingerprint density at radius 2 is 2.04 bits per heavy atom. The Kier molecular flexibility index (Phi) is 3.66. The molecular weight excluding hydrogens is 326 g/mol. The highest BCUT2D eigenvalue weighted by Crippen LogP contribution is 2.64. The van der Waals surface area contributed by atoms with Gasteiger partial charge >= 0.3 is 0 Å². The van der Waals surface area contributed by atoms with Gasteiger partial charge in [-0.1, -0.05) is 18.2 Å². The second kappa shape index (κ2) is 5.72. The van der Waals surface area contributed by atoms with Crippen LogP contribution in [0.1, 0.15) is 51.5 Å². The number of hydrogen-bond donors (Lipinski definition) is 0. The molecule has 4 aliphatic rings. The fourth-order valence-electron chi connectivity index (χ4n) is 5.29. The van der Waals surface area contributed by atoms with E-state index in [1.807, 2.05) is 6.07 Å². The van der Waals surface area contributed by atoms with E-state index in [0.29, 0.717) is 17.9 Å². The molecule has 2 heterocycles. The summed E-state index contributed by atoms with van der Waals surface area (Å²) < 4.78 is 11.8. The molecule has 0 unspecified atom stereocenters. The van der Waals surface area contributed by atoms with Gasteiger partial charge in [-0.25, -0.2) is 0 Å². The number of benzene rings is 1. The first-order valence-electron chi connectivity index (χ1n) is 10.2. The summed E-state index contributed by atoms with van der Waals surface area (Å²) in [7, 11) is 0. The summed E-state index contributed by atoms with van der Waals surface area (Å²) in [4.78, 5) is 15.7. The van der Waals surface area contributed by atoms with Crippen LogP contribution in [-0.4, -0.2) is 42.2 Å². The van der Waals surface area contributed by atoms with Crippen LogP contribution < -0.4 is 4.74 Å². The smallest absolute Gasteiger partial charge is 0.226 e. The molecule has 0 aromatic heterocycles. The number of fused-ring (bicyclic) bond motifs is 2. The predicted octanol–water partition coefficient (Wildman–Crippen LogP) is 3.53. The van der Waals surface area contributed by atoms with Crippen LogP contribution >= 0.6 is 0 Å². The molecule has 2 aliphatic carbocycles. The Morgan fingerprint density at radius 1 is 1.23 bits per heavy atom. The van der Waals surface area contributed by atoms with Crippen LogP contribution in [-0.2, 0) is 14.9 Å². The van der Waals surface area contributed by atoms with Gasteiger partial charge in [0.25, 0.3) is 0 Å². The maximum Gasteiger partial charge on any atom is 0.226 e. The van der Waals surface area contributed by atoms with E-state index in [2.05, 4.69) is 36.9 Å². The van der Waals surface area contributed by atoms with Crippen molar-refractivity contribution >= 4 is 5.91 Å². The third-order valence-corrected chi connectivity index (χ3v) is 6.67. The normalized spacial score (nSPS) is 34.2. The highest BCUT2D eigenvalue weighted by atomic mass is 16.5. The standard InChI is InChI=1S/C22H29NO3/c1-21(2)14-22(17-5-3-4-6-19(17)26-21)11-18(22)20(24)23(16-7-8-16)12-15-9-10-25-13-15/h3-6,15-16,18H,7-14H2,1-2H3/t15-,18-,22+/m1/s1. The van der Waals surface area contributed by atoms with Gasteiger partial charge < -0.3 is 14.4 Å². The average Bonchev–Trinajstić information content (AvgIpc) is 3.50. The van der Waals surface area contributed by atoms with Crippen molar-refractivity contribution < 1.29 is 14.3 Å². The number of rotatable bonds is 4. The summed E-state index contributed by atoms with van der Waals surface area (Å²) in [5.41, 5.74) is 1.01. The summed E-state index contributed by atoms with van der Waals surface area (Å²) in [6, 6.07) is 8.82. The molecule has 0 bridgehead atoms. The molecule has 0 N–H and O–H groups in total. The molecule has 140 valence electrons. The Balaban J connectivity index is 1.40. The van der Waals surface area contributed by atoms with Crippen molar-refractivity contribution in [3.05, 3.63) is 29.8 Å². The van der Waals surface area contributed by atoms with Gasteiger partial charge in [0.2, 0.25) is 5.91 Å². The van der Waals surface area contributed by atoms with Gasteiger partial charge in [-0.3, -0.25) is 4.79 Å². The fourth-order valence-corrected chi connectivity index (χ4v) is 5.29. The molecule has 1 spiro atoms. The van der Waals surface area contributed by atoms with Crippen molar-refractivity contribution in [2.75, 3.05) is 19.8 Å². The first kappa shape index (κ1) is 16.6. The number of carbonyl (C=O) groups is 1. The monoisotopic (exact) mass is 355 g/mol. The lowest BCUT2D eigenvalue weighted by Crippen LogP contribution is -2.43. The summed E-state index contributed by atoms with van der Waals surface area (Å²) in [6.07, 6.45) is 5.34. The highest BCUT2D eigenvalue weighted by Gasteiger charge is 2.65. The zero-order valence-corrected chi connectivity index (χ0v) is 15.9. The van der Waals surface area contributed by atoms with Crippen molar-refractivity contribution in [1.82, 2.24) is 4.90 Å². The Labute approximate surface area is 155 Å². The van der Waals surface area contributed by atoms with E-state index in [0.717, 1.165) is 44.8 Å². The SMILES string of the molecule is CC1(C)C[C@@]2(C[C@@H]2C(=O)N(C[C@H]2CCOC2)C2CC2)c2ccccc2O1. The van der Waals surface area contributed by atoms with Crippen LogP contribution in [0.3, 0.4) is 0 Å². The molecule has 4 heteroatoms. The number of hydrogen-bond acceptors (Lipinski definition) is 3. The Bertz CT molecular complexity index is 720. The highest BCUT2D eigenvalue weighted by molar-refractivity contribution is 5.85. The molecule has 5 rings (SSSR count). The Morgan fingerprint density at radius 3 is 2.77 bits per heavy atom. The van der Waals surface area contributed by atoms with E-state index in [4.69, 9.17) is 9.47 Å². The van der Waals surface area contributed by atoms with Gasteiger partial charge in [-0.2, -0.15) is 0 Å². The summed E-state index contributed by atoms with van der Waals surface area (Å²) in [6.45, 7) is 6.86. The van der Waals surface area contributed by atoms with Crippen LogP contribution in [0.15, 0.2) is 24.3 Å². The molecule has 1 aromatic rings. The second-order valence-electron chi connectivity index (χ2n) is 9.40. The van der Waals surface area contributed by atoms with Crippen LogP contribution in [0.4, 0.5) is 0 Å². The van der Waals surface area contributed by atoms with E-state index >= 15 is 0 Å². The second-order valence-corrected chi connectivity index (χ2v) is 9.40. The van der Waals surface area contributed by atoms with E-state index < -0.39 is 0 Å². The molecule has 4 nitrogen and oxygen atoms in total. The van der Waals surface area contributed by atoms with E-state index in [-0.39, 0.29) is 16.9 Å². The third kappa shape index (κ3) is 2.74. The minimum Gasteiger partial charge on any atom is -0.488 e. The molecule has 2 saturated carbocycles. The fraction of sp³-hybridized carbons (Fsp3) is 0.682. The first-order valence-corrected chi connectivity index (χ1v) is 10.2. The molecule has 1 aromatic carbocycles. The van der Waals surface area contributed by atoms with E-state index in [1.165, 1.54) is 18.4 Å². The van der Waals surface area contributed by atoms with Crippen molar-refractivity contribution in [2.45, 2.75) is 63.0 Å². The lowest BCUT2D eigenvalue weighted by Gasteiger charge is -2.39. The molecule has 2 aliphatic heterocycles. The summed E-state index contributed by atoms with van der Waals surface area (Å²) in [5.74, 6) is 2.00. The van der Waals surface area contributed by atoms with Crippen LogP contribution in [0.25, 0.3) is 0 Å². The molecule has 26 heavy (non-hydrogen) atoms. The first-order chi connectivity index (χ1) is 12.5. The minimum atomic E-state index is -0.215. The van der Waals surface area contributed by atoms with Gasteiger partial charge in [0.15, 0.2) is 0 Å². The van der Waals surface area contributed by atoms with E-state index in [1.54, 1.807) is 0 Å². The summed E-state index contributed by atoms with van der Waals surface area (Å²) in [5, 5.41) is 0. The van der Waals surface area contributed by atoms with Crippen LogP contribution in [0, 0.1) is 11.8 Å². The van der Waals surface area contributed by atoms with Gasteiger partial charge in [-0.05, 0) is 52.0 Å². The maximum absolute atomic E-state index is 13.5. The third-order valence-electron chi connectivity index (χ3n) is 6.67. The summed E-state index contributed by atoms with van der Waals surface area (Å²) >= 11 is 0. The zero-order valence-electron chi connectivity index (χ0n) is 15.9. The minimum absolute atomic E-state index is 0.0191. The van der Waals surface area contributed by atoms with Crippen molar-refractivity contribution in [1.29, 1.82) is 0 Å².